The van der Waals surface area contributed by atoms with E-state index in [1.165, 1.54) is 24.3 Å². The maximum absolute atomic E-state index is 12.0. The third kappa shape index (κ3) is 8.06. The smallest absolute Gasteiger partial charge is 0.406 e. The van der Waals surface area contributed by atoms with Crippen LogP contribution >= 0.6 is 0 Å². The molecular weight excluding hydrogens is 483 g/mol. The van der Waals surface area contributed by atoms with E-state index in [1.807, 2.05) is 30.5 Å². The molecule has 0 aliphatic heterocycles. The molecule has 6 nitrogen and oxygen atoms in total. The van der Waals surface area contributed by atoms with Crippen molar-refractivity contribution in [2.24, 2.45) is 5.92 Å². The molecular formula is C28H24F3N3O3. The number of hydrogen-bond donors (Lipinski definition) is 2. The van der Waals surface area contributed by atoms with Gasteiger partial charge in [-0.1, -0.05) is 36.4 Å². The number of carbonyl (C=O) groups excluding carboxylic acids is 2. The van der Waals surface area contributed by atoms with Crippen LogP contribution in [0.4, 0.5) is 18.9 Å². The first-order valence-corrected chi connectivity index (χ1v) is 11.6. The molecule has 1 aromatic heterocycles. The summed E-state index contributed by atoms with van der Waals surface area (Å²) in [4.78, 5) is 27.4. The van der Waals surface area contributed by atoms with Crippen LogP contribution in [0.25, 0.3) is 10.8 Å². The number of halogens is 3. The summed E-state index contributed by atoms with van der Waals surface area (Å²) in [6.07, 6.45) is 0.937. The molecule has 0 bridgehead atoms. The van der Waals surface area contributed by atoms with E-state index >= 15 is 0 Å². The third-order valence-corrected chi connectivity index (χ3v) is 5.50. The van der Waals surface area contributed by atoms with Gasteiger partial charge in [-0.15, -0.1) is 13.2 Å². The Morgan fingerprint density at radius 2 is 1.65 bits per heavy atom. The fourth-order valence-electron chi connectivity index (χ4n) is 3.43. The van der Waals surface area contributed by atoms with Crippen LogP contribution in [0, 0.1) is 5.92 Å². The zero-order valence-electron chi connectivity index (χ0n) is 19.7. The highest BCUT2D eigenvalue weighted by Gasteiger charge is 2.31. The lowest BCUT2D eigenvalue weighted by Crippen LogP contribution is -2.22. The van der Waals surface area contributed by atoms with Gasteiger partial charge in [-0.25, -0.2) is 0 Å². The number of anilines is 1. The number of hydrogen-bond acceptors (Lipinski definition) is 4. The molecule has 0 saturated heterocycles. The fraction of sp³-hybridized carbons (Fsp3) is 0.179. The van der Waals surface area contributed by atoms with Crippen molar-refractivity contribution in [3.63, 3.8) is 0 Å². The molecule has 190 valence electrons. The van der Waals surface area contributed by atoms with Gasteiger partial charge in [0.15, 0.2) is 0 Å². The highest BCUT2D eigenvalue weighted by atomic mass is 19.4. The summed E-state index contributed by atoms with van der Waals surface area (Å²) in [5, 5.41) is 7.81. The summed E-state index contributed by atoms with van der Waals surface area (Å²) >= 11 is 0. The van der Waals surface area contributed by atoms with Crippen LogP contribution in [0.3, 0.4) is 0 Å². The zero-order chi connectivity index (χ0) is 26.3. The Balaban J connectivity index is 0.000000179. The van der Waals surface area contributed by atoms with Gasteiger partial charge < -0.3 is 15.4 Å². The summed E-state index contributed by atoms with van der Waals surface area (Å²) in [5.41, 5.74) is 2.07. The number of rotatable bonds is 6. The highest BCUT2D eigenvalue weighted by Crippen LogP contribution is 2.30. The molecule has 1 aliphatic carbocycles. The average molecular weight is 508 g/mol. The van der Waals surface area contributed by atoms with Gasteiger partial charge in [0.05, 0.1) is 0 Å². The molecule has 0 radical (unpaired) electrons. The predicted molar refractivity (Wildman–Crippen MR) is 134 cm³/mol. The maximum Gasteiger partial charge on any atom is 0.573 e. The summed E-state index contributed by atoms with van der Waals surface area (Å²) in [6, 6.07) is 21.8. The molecule has 2 amide bonds. The van der Waals surface area contributed by atoms with Gasteiger partial charge >= 0.3 is 6.36 Å². The molecule has 5 rings (SSSR count). The van der Waals surface area contributed by atoms with Crippen molar-refractivity contribution in [2.75, 3.05) is 5.32 Å². The summed E-state index contributed by atoms with van der Waals surface area (Å²) in [6.45, 7) is 0.222. The second kappa shape index (κ2) is 11.6. The van der Waals surface area contributed by atoms with Gasteiger partial charge in [0.2, 0.25) is 5.91 Å². The van der Waals surface area contributed by atoms with Crippen molar-refractivity contribution >= 4 is 28.3 Å². The van der Waals surface area contributed by atoms with E-state index in [0.29, 0.717) is 11.1 Å². The van der Waals surface area contributed by atoms with Crippen molar-refractivity contribution in [1.29, 1.82) is 0 Å². The normalized spacial score (nSPS) is 12.7. The van der Waals surface area contributed by atoms with E-state index in [4.69, 9.17) is 0 Å². The van der Waals surface area contributed by atoms with Gasteiger partial charge in [0, 0.05) is 41.5 Å². The lowest BCUT2D eigenvalue weighted by molar-refractivity contribution is -0.274. The second-order valence-electron chi connectivity index (χ2n) is 8.44. The van der Waals surface area contributed by atoms with Gasteiger partial charge in [-0.05, 0) is 66.3 Å². The van der Waals surface area contributed by atoms with E-state index in [-0.39, 0.29) is 30.0 Å². The quantitative estimate of drug-likeness (QED) is 0.331. The van der Waals surface area contributed by atoms with Crippen LogP contribution in [0.1, 0.15) is 28.8 Å². The number of ether oxygens (including phenoxy) is 1. The zero-order valence-corrected chi connectivity index (χ0v) is 19.7. The Morgan fingerprint density at radius 1 is 0.919 bits per heavy atom. The lowest BCUT2D eigenvalue weighted by Gasteiger charge is -2.09. The lowest BCUT2D eigenvalue weighted by atomic mass is 10.1. The SMILES string of the molecule is O=C(NCc1ccc(OC(F)(F)F)cc1)c1ccccc1.O=C(Nc1ccc2cnccc2c1)C1CC1. The minimum atomic E-state index is -4.71. The van der Waals surface area contributed by atoms with Crippen LogP contribution in [-0.2, 0) is 11.3 Å². The monoisotopic (exact) mass is 507 g/mol. The molecule has 9 heteroatoms. The number of amides is 2. The Labute approximate surface area is 211 Å². The van der Waals surface area contributed by atoms with E-state index in [1.54, 1.807) is 36.5 Å². The van der Waals surface area contributed by atoms with Gasteiger partial charge in [-0.2, -0.15) is 0 Å². The first-order chi connectivity index (χ1) is 17.8. The number of nitrogens with zero attached hydrogens (tertiary/aromatic N) is 1. The summed E-state index contributed by atoms with van der Waals surface area (Å²) in [5.74, 6) is -0.145. The Kier molecular flexibility index (Phi) is 8.02. The predicted octanol–water partition coefficient (Wildman–Crippen LogP) is 6.10. The number of aromatic nitrogens is 1. The van der Waals surface area contributed by atoms with E-state index in [0.717, 1.165) is 29.3 Å². The molecule has 1 fully saturated rings. The number of pyridine rings is 1. The standard InChI is InChI=1S/C15H12F3NO2.C13H12N2O/c16-15(17,18)21-13-8-6-11(7-9-13)10-19-14(20)12-4-2-1-3-5-12;16-13(9-1-2-9)15-12-4-3-11-8-14-6-5-10(11)7-12/h1-9H,10H2,(H,19,20);3-9H,1-2H2,(H,15,16). The van der Waals surface area contributed by atoms with E-state index in [2.05, 4.69) is 20.4 Å². The number of carbonyl (C=O) groups is 2. The van der Waals surface area contributed by atoms with E-state index in [9.17, 15) is 22.8 Å². The molecule has 1 heterocycles. The van der Waals surface area contributed by atoms with Crippen molar-refractivity contribution in [2.45, 2.75) is 25.7 Å². The Hall–Kier alpha value is -4.40. The first kappa shape index (κ1) is 25.7. The van der Waals surface area contributed by atoms with Crippen molar-refractivity contribution in [1.82, 2.24) is 10.3 Å². The summed E-state index contributed by atoms with van der Waals surface area (Å²) < 4.78 is 39.8. The fourth-order valence-corrected chi connectivity index (χ4v) is 3.43. The maximum atomic E-state index is 12.0. The minimum Gasteiger partial charge on any atom is -0.406 e. The molecule has 37 heavy (non-hydrogen) atoms. The summed E-state index contributed by atoms with van der Waals surface area (Å²) in [7, 11) is 0. The average Bonchev–Trinajstić information content (AvgIpc) is 3.74. The minimum absolute atomic E-state index is 0.147. The van der Waals surface area contributed by atoms with Crippen LogP contribution in [0.15, 0.2) is 91.3 Å². The van der Waals surface area contributed by atoms with Gasteiger partial charge in [-0.3, -0.25) is 14.6 Å². The van der Waals surface area contributed by atoms with Crippen LogP contribution in [-0.4, -0.2) is 23.2 Å². The molecule has 0 unspecified atom stereocenters. The van der Waals surface area contributed by atoms with Crippen LogP contribution < -0.4 is 15.4 Å². The topological polar surface area (TPSA) is 80.3 Å². The largest absolute Gasteiger partial charge is 0.573 e. The Bertz CT molecular complexity index is 1360. The first-order valence-electron chi connectivity index (χ1n) is 11.6. The highest BCUT2D eigenvalue weighted by molar-refractivity contribution is 5.96. The molecule has 0 atom stereocenters. The number of benzene rings is 3. The number of alkyl halides is 3. The van der Waals surface area contributed by atoms with Gasteiger partial charge in [0.1, 0.15) is 5.75 Å². The number of nitrogens with one attached hydrogen (secondary N) is 2. The van der Waals surface area contributed by atoms with Crippen molar-refractivity contribution < 1.29 is 27.5 Å². The Morgan fingerprint density at radius 3 is 2.32 bits per heavy atom. The molecule has 2 N–H and O–H groups in total. The van der Waals surface area contributed by atoms with Gasteiger partial charge in [0.25, 0.3) is 5.91 Å². The molecule has 1 saturated carbocycles. The van der Waals surface area contributed by atoms with Crippen molar-refractivity contribution in [3.8, 4) is 5.75 Å². The van der Waals surface area contributed by atoms with Crippen molar-refractivity contribution in [3.05, 3.63) is 102 Å². The molecule has 3 aromatic carbocycles. The molecule has 4 aromatic rings. The van der Waals surface area contributed by atoms with Crippen LogP contribution in [0.2, 0.25) is 0 Å². The number of fused-ring (bicyclic) bond motifs is 1. The molecule has 0 spiro atoms. The van der Waals surface area contributed by atoms with Crippen LogP contribution in [0.5, 0.6) is 5.75 Å². The second-order valence-corrected chi connectivity index (χ2v) is 8.44. The van der Waals surface area contributed by atoms with E-state index < -0.39 is 6.36 Å². The third-order valence-electron chi connectivity index (χ3n) is 5.50. The molecule has 1 aliphatic rings.